The van der Waals surface area contributed by atoms with Gasteiger partial charge in [-0.3, -0.25) is 9.59 Å². The largest absolute Gasteiger partial charge is 0.463 e. The highest BCUT2D eigenvalue weighted by atomic mass is 127. The summed E-state index contributed by atoms with van der Waals surface area (Å²) >= 11 is 0. The van der Waals surface area contributed by atoms with Crippen molar-refractivity contribution < 1.29 is 14.3 Å². The highest BCUT2D eigenvalue weighted by Crippen LogP contribution is 2.07. The number of guanidine groups is 1. The SMILES string of the molecule is CCNC(=NCC(=O)N1CCCC1)NCCC(=O)OC(C)C.I. The van der Waals surface area contributed by atoms with E-state index < -0.39 is 0 Å². The first-order chi connectivity index (χ1) is 10.5. The molecule has 0 saturated carbocycles. The standard InChI is InChI=1S/C15H28N4O3.HI/c1-4-16-15(17-8-7-14(21)22-12(2)3)18-11-13(20)19-9-5-6-10-19;/h12H,4-11H2,1-3H3,(H2,16,17,18);1H. The smallest absolute Gasteiger partial charge is 0.307 e. The van der Waals surface area contributed by atoms with Gasteiger partial charge >= 0.3 is 5.97 Å². The summed E-state index contributed by atoms with van der Waals surface area (Å²) in [5.74, 6) is 0.354. The molecule has 0 unspecified atom stereocenters. The summed E-state index contributed by atoms with van der Waals surface area (Å²) in [5, 5.41) is 6.10. The minimum Gasteiger partial charge on any atom is -0.463 e. The van der Waals surface area contributed by atoms with Gasteiger partial charge in [0.25, 0.3) is 0 Å². The summed E-state index contributed by atoms with van der Waals surface area (Å²) in [6.45, 7) is 8.51. The molecule has 0 aliphatic carbocycles. The van der Waals surface area contributed by atoms with Gasteiger partial charge in [0.1, 0.15) is 6.54 Å². The Kier molecular flexibility index (Phi) is 11.8. The highest BCUT2D eigenvalue weighted by molar-refractivity contribution is 14.0. The number of halogens is 1. The molecule has 1 aliphatic heterocycles. The molecule has 0 bridgehead atoms. The topological polar surface area (TPSA) is 83.0 Å². The van der Waals surface area contributed by atoms with E-state index in [0.29, 0.717) is 19.0 Å². The van der Waals surface area contributed by atoms with E-state index >= 15 is 0 Å². The fraction of sp³-hybridized carbons (Fsp3) is 0.800. The molecule has 0 atom stereocenters. The summed E-state index contributed by atoms with van der Waals surface area (Å²) in [5.41, 5.74) is 0. The molecule has 8 heteroatoms. The zero-order chi connectivity index (χ0) is 16.4. The lowest BCUT2D eigenvalue weighted by Crippen LogP contribution is -2.39. The predicted molar refractivity (Wildman–Crippen MR) is 101 cm³/mol. The molecule has 134 valence electrons. The molecule has 1 amide bonds. The lowest BCUT2D eigenvalue weighted by molar-refractivity contribution is -0.147. The average molecular weight is 440 g/mol. The number of ether oxygens (including phenoxy) is 1. The number of nitrogens with one attached hydrogen (secondary N) is 2. The van der Waals surface area contributed by atoms with Gasteiger partial charge < -0.3 is 20.3 Å². The molecule has 0 aromatic heterocycles. The molecule has 1 rings (SSSR count). The van der Waals surface area contributed by atoms with Gasteiger partial charge in [-0.05, 0) is 33.6 Å². The van der Waals surface area contributed by atoms with Gasteiger partial charge in [0.05, 0.1) is 12.5 Å². The molecular weight excluding hydrogens is 411 g/mol. The number of rotatable bonds is 7. The van der Waals surface area contributed by atoms with Crippen molar-refractivity contribution in [2.24, 2.45) is 4.99 Å². The maximum Gasteiger partial charge on any atom is 0.307 e. The molecule has 7 nitrogen and oxygen atoms in total. The van der Waals surface area contributed by atoms with Crippen LogP contribution in [0.15, 0.2) is 4.99 Å². The third-order valence-corrected chi connectivity index (χ3v) is 3.16. The fourth-order valence-corrected chi connectivity index (χ4v) is 2.16. The van der Waals surface area contributed by atoms with E-state index in [1.54, 1.807) is 0 Å². The van der Waals surface area contributed by atoms with E-state index in [2.05, 4.69) is 15.6 Å². The van der Waals surface area contributed by atoms with E-state index in [9.17, 15) is 9.59 Å². The van der Waals surface area contributed by atoms with Crippen molar-refractivity contribution in [3.8, 4) is 0 Å². The summed E-state index contributed by atoms with van der Waals surface area (Å²) in [4.78, 5) is 29.5. The van der Waals surface area contributed by atoms with Crippen LogP contribution in [0.2, 0.25) is 0 Å². The monoisotopic (exact) mass is 440 g/mol. The van der Waals surface area contributed by atoms with Crippen molar-refractivity contribution in [3.63, 3.8) is 0 Å². The van der Waals surface area contributed by atoms with E-state index in [4.69, 9.17) is 4.74 Å². The van der Waals surface area contributed by atoms with Gasteiger partial charge in [-0.25, -0.2) is 4.99 Å². The maximum absolute atomic E-state index is 11.9. The van der Waals surface area contributed by atoms with Gasteiger partial charge in [-0.1, -0.05) is 0 Å². The summed E-state index contributed by atoms with van der Waals surface area (Å²) < 4.78 is 5.06. The number of hydrogen-bond donors (Lipinski definition) is 2. The molecule has 0 aromatic rings. The Morgan fingerprint density at radius 2 is 1.87 bits per heavy atom. The number of carbonyl (C=O) groups is 2. The molecule has 1 saturated heterocycles. The minimum absolute atomic E-state index is 0. The second kappa shape index (κ2) is 12.4. The first kappa shape index (κ1) is 21.9. The Balaban J connectivity index is 0.00000484. The van der Waals surface area contributed by atoms with E-state index in [1.807, 2.05) is 25.7 Å². The maximum atomic E-state index is 11.9. The molecule has 0 spiro atoms. The minimum atomic E-state index is -0.244. The first-order valence-corrected chi connectivity index (χ1v) is 8.02. The zero-order valence-electron chi connectivity index (χ0n) is 14.3. The summed E-state index contributed by atoms with van der Waals surface area (Å²) in [6, 6.07) is 0. The van der Waals surface area contributed by atoms with E-state index in [0.717, 1.165) is 25.9 Å². The lowest BCUT2D eigenvalue weighted by Gasteiger charge is -2.15. The second-order valence-electron chi connectivity index (χ2n) is 5.50. The third kappa shape index (κ3) is 9.62. The first-order valence-electron chi connectivity index (χ1n) is 8.02. The molecular formula is C15H29IN4O3. The van der Waals surface area contributed by atoms with Gasteiger partial charge in [-0.15, -0.1) is 24.0 Å². The van der Waals surface area contributed by atoms with Crippen LogP contribution in [0.25, 0.3) is 0 Å². The molecule has 1 heterocycles. The zero-order valence-corrected chi connectivity index (χ0v) is 16.6. The molecule has 2 N–H and O–H groups in total. The van der Waals surface area contributed by atoms with Gasteiger partial charge in [0.15, 0.2) is 5.96 Å². The number of esters is 1. The van der Waals surface area contributed by atoms with Crippen LogP contribution in [0.5, 0.6) is 0 Å². The summed E-state index contributed by atoms with van der Waals surface area (Å²) in [7, 11) is 0. The summed E-state index contributed by atoms with van der Waals surface area (Å²) in [6.07, 6.45) is 2.31. The average Bonchev–Trinajstić information content (AvgIpc) is 2.97. The van der Waals surface area contributed by atoms with Crippen molar-refractivity contribution >= 4 is 41.8 Å². The Morgan fingerprint density at radius 1 is 1.22 bits per heavy atom. The molecule has 1 fully saturated rings. The number of amides is 1. The van der Waals surface area contributed by atoms with Crippen LogP contribution in [-0.4, -0.2) is 61.6 Å². The van der Waals surface area contributed by atoms with Crippen molar-refractivity contribution in [1.29, 1.82) is 0 Å². The number of aliphatic imine (C=N–C) groups is 1. The van der Waals surface area contributed by atoms with Gasteiger partial charge in [0, 0.05) is 26.2 Å². The predicted octanol–water partition coefficient (Wildman–Crippen LogP) is 1.12. The van der Waals surface area contributed by atoms with Crippen molar-refractivity contribution in [2.75, 3.05) is 32.7 Å². The number of likely N-dealkylation sites (tertiary alicyclic amines) is 1. The number of hydrogen-bond acceptors (Lipinski definition) is 4. The van der Waals surface area contributed by atoms with Crippen LogP contribution in [0.3, 0.4) is 0 Å². The molecule has 0 radical (unpaired) electrons. The number of carbonyl (C=O) groups excluding carboxylic acids is 2. The normalized spacial score (nSPS) is 14.4. The fourth-order valence-electron chi connectivity index (χ4n) is 2.16. The Morgan fingerprint density at radius 3 is 2.43 bits per heavy atom. The van der Waals surface area contributed by atoms with Gasteiger partial charge in [0.2, 0.25) is 5.91 Å². The van der Waals surface area contributed by atoms with Crippen LogP contribution < -0.4 is 10.6 Å². The Bertz CT molecular complexity index is 396. The number of nitrogens with zero attached hydrogens (tertiary/aromatic N) is 2. The van der Waals surface area contributed by atoms with Crippen molar-refractivity contribution in [3.05, 3.63) is 0 Å². The third-order valence-electron chi connectivity index (χ3n) is 3.16. The van der Waals surface area contributed by atoms with Crippen LogP contribution in [0, 0.1) is 0 Å². The van der Waals surface area contributed by atoms with E-state index in [1.165, 1.54) is 0 Å². The van der Waals surface area contributed by atoms with Crippen LogP contribution in [0.4, 0.5) is 0 Å². The highest BCUT2D eigenvalue weighted by Gasteiger charge is 2.17. The van der Waals surface area contributed by atoms with Crippen LogP contribution >= 0.6 is 24.0 Å². The Labute approximate surface area is 155 Å². The second-order valence-corrected chi connectivity index (χ2v) is 5.50. The van der Waals surface area contributed by atoms with E-state index in [-0.39, 0.29) is 54.9 Å². The quantitative estimate of drug-likeness (QED) is 0.269. The lowest BCUT2D eigenvalue weighted by atomic mass is 10.4. The molecule has 0 aromatic carbocycles. The van der Waals surface area contributed by atoms with Crippen LogP contribution in [-0.2, 0) is 14.3 Å². The van der Waals surface area contributed by atoms with Crippen molar-refractivity contribution in [1.82, 2.24) is 15.5 Å². The van der Waals surface area contributed by atoms with Crippen molar-refractivity contribution in [2.45, 2.75) is 46.1 Å². The van der Waals surface area contributed by atoms with Crippen LogP contribution in [0.1, 0.15) is 40.0 Å². The van der Waals surface area contributed by atoms with Gasteiger partial charge in [-0.2, -0.15) is 0 Å². The molecule has 1 aliphatic rings. The molecule has 23 heavy (non-hydrogen) atoms. The Hall–Kier alpha value is -1.06.